The van der Waals surface area contributed by atoms with E-state index >= 15 is 0 Å². The fourth-order valence-corrected chi connectivity index (χ4v) is 5.18. The fraction of sp³-hybridized carbons (Fsp3) is 0.316. The van der Waals surface area contributed by atoms with Crippen LogP contribution in [0.2, 0.25) is 5.02 Å². The molecular weight excluding hydrogens is 404 g/mol. The lowest BCUT2D eigenvalue weighted by molar-refractivity contribution is 0.102. The largest absolute Gasteiger partial charge is 0.322 e. The summed E-state index contributed by atoms with van der Waals surface area (Å²) < 4.78 is 26.1. The second-order valence-corrected chi connectivity index (χ2v) is 10.0. The van der Waals surface area contributed by atoms with E-state index in [0.717, 1.165) is 0 Å². The molecule has 1 fully saturated rings. The van der Waals surface area contributed by atoms with Gasteiger partial charge in [0.05, 0.1) is 15.5 Å². The van der Waals surface area contributed by atoms with E-state index in [1.165, 1.54) is 55.8 Å². The Hall–Kier alpha value is -1.54. The Labute approximate surface area is 168 Å². The summed E-state index contributed by atoms with van der Waals surface area (Å²) in [6, 6.07) is 11.7. The molecule has 2 aromatic carbocycles. The lowest BCUT2D eigenvalue weighted by Crippen LogP contribution is -2.20. The number of anilines is 1. The van der Waals surface area contributed by atoms with Gasteiger partial charge in [-0.3, -0.25) is 4.79 Å². The van der Waals surface area contributed by atoms with Crippen molar-refractivity contribution in [3.63, 3.8) is 0 Å². The van der Waals surface area contributed by atoms with Crippen LogP contribution < -0.4 is 10.0 Å². The van der Waals surface area contributed by atoms with Crippen LogP contribution in [-0.2, 0) is 10.0 Å². The van der Waals surface area contributed by atoms with E-state index < -0.39 is 15.9 Å². The molecule has 0 aliphatic heterocycles. The maximum atomic E-state index is 12.6. The van der Waals surface area contributed by atoms with Crippen LogP contribution in [0, 0.1) is 0 Å². The average Bonchev–Trinajstić information content (AvgIpc) is 3.16. The molecule has 8 heteroatoms. The molecule has 144 valence electrons. The summed E-state index contributed by atoms with van der Waals surface area (Å²) in [5.74, 6) is -0.454. The van der Waals surface area contributed by atoms with Crippen molar-refractivity contribution in [2.45, 2.75) is 40.7 Å². The molecule has 5 nitrogen and oxygen atoms in total. The molecular formula is C19H21ClN2O3S2. The van der Waals surface area contributed by atoms with Gasteiger partial charge in [-0.25, -0.2) is 13.1 Å². The SMILES string of the molecule is CNS(=O)(=O)c1ccc(Cl)c(C(=O)Nc2ccc(SC3CCCC3)cc2)c1. The minimum Gasteiger partial charge on any atom is -0.322 e. The van der Waals surface area contributed by atoms with Gasteiger partial charge >= 0.3 is 0 Å². The summed E-state index contributed by atoms with van der Waals surface area (Å²) in [6.45, 7) is 0. The number of sulfonamides is 1. The maximum Gasteiger partial charge on any atom is 0.257 e. The van der Waals surface area contributed by atoms with E-state index in [9.17, 15) is 13.2 Å². The number of thioether (sulfide) groups is 1. The molecule has 0 heterocycles. The predicted molar refractivity (Wildman–Crippen MR) is 110 cm³/mol. The van der Waals surface area contributed by atoms with Crippen molar-refractivity contribution in [3.8, 4) is 0 Å². The number of benzene rings is 2. The maximum absolute atomic E-state index is 12.6. The van der Waals surface area contributed by atoms with Crippen molar-refractivity contribution < 1.29 is 13.2 Å². The molecule has 1 aliphatic carbocycles. The summed E-state index contributed by atoms with van der Waals surface area (Å²) in [5.41, 5.74) is 0.742. The van der Waals surface area contributed by atoms with Crippen LogP contribution in [0.15, 0.2) is 52.3 Å². The molecule has 27 heavy (non-hydrogen) atoms. The summed E-state index contributed by atoms with van der Waals surface area (Å²) in [6.07, 6.45) is 5.12. The lowest BCUT2D eigenvalue weighted by Gasteiger charge is -2.11. The van der Waals surface area contributed by atoms with Gasteiger partial charge in [-0.05, 0) is 62.4 Å². The monoisotopic (exact) mass is 424 g/mol. The zero-order valence-corrected chi connectivity index (χ0v) is 17.3. The highest BCUT2D eigenvalue weighted by atomic mass is 35.5. The van der Waals surface area contributed by atoms with Crippen molar-refractivity contribution in [1.29, 1.82) is 0 Å². The molecule has 0 radical (unpaired) electrons. The van der Waals surface area contributed by atoms with Crippen LogP contribution >= 0.6 is 23.4 Å². The highest BCUT2D eigenvalue weighted by molar-refractivity contribution is 8.00. The first kappa shape index (κ1) is 20.2. The van der Waals surface area contributed by atoms with Crippen molar-refractivity contribution in [2.24, 2.45) is 0 Å². The van der Waals surface area contributed by atoms with E-state index in [2.05, 4.69) is 10.0 Å². The molecule has 0 aromatic heterocycles. The van der Waals surface area contributed by atoms with E-state index in [0.29, 0.717) is 10.9 Å². The van der Waals surface area contributed by atoms with Gasteiger partial charge in [0, 0.05) is 15.8 Å². The molecule has 0 unspecified atom stereocenters. The standard InChI is InChI=1S/C19H21ClN2O3S2/c1-21-27(24,25)16-10-11-18(20)17(12-16)19(23)22-13-6-8-15(9-7-13)26-14-4-2-3-5-14/h6-12,14,21H,2-5H2,1H3,(H,22,23). The Kier molecular flexibility index (Phi) is 6.47. The summed E-state index contributed by atoms with van der Waals surface area (Å²) in [7, 11) is -2.34. The molecule has 2 N–H and O–H groups in total. The van der Waals surface area contributed by atoms with Crippen molar-refractivity contribution >= 4 is 45.0 Å². The molecule has 0 atom stereocenters. The molecule has 0 bridgehead atoms. The van der Waals surface area contributed by atoms with E-state index in [1.807, 2.05) is 36.0 Å². The first-order valence-corrected chi connectivity index (χ1v) is 11.4. The third kappa shape index (κ3) is 5.04. The third-order valence-corrected chi connectivity index (χ3v) is 7.57. The first-order chi connectivity index (χ1) is 12.9. The van der Waals surface area contributed by atoms with Gasteiger partial charge in [-0.2, -0.15) is 0 Å². The fourth-order valence-electron chi connectivity index (χ4n) is 2.98. The van der Waals surface area contributed by atoms with Gasteiger partial charge in [0.1, 0.15) is 0 Å². The van der Waals surface area contributed by atoms with Crippen molar-refractivity contribution in [1.82, 2.24) is 4.72 Å². The number of halogens is 1. The van der Waals surface area contributed by atoms with Crippen molar-refractivity contribution in [2.75, 3.05) is 12.4 Å². The Balaban J connectivity index is 1.72. The van der Waals surface area contributed by atoms with E-state index in [1.54, 1.807) is 0 Å². The number of hydrogen-bond acceptors (Lipinski definition) is 4. The topological polar surface area (TPSA) is 75.3 Å². The Bertz CT molecular complexity index is 924. The minimum absolute atomic E-state index is 0.0112. The van der Waals surface area contributed by atoms with Crippen LogP contribution in [0.4, 0.5) is 5.69 Å². The summed E-state index contributed by atoms with van der Waals surface area (Å²) >= 11 is 7.97. The Morgan fingerprint density at radius 2 is 1.78 bits per heavy atom. The second-order valence-electron chi connectivity index (χ2n) is 6.35. The predicted octanol–water partition coefficient (Wildman–Crippen LogP) is 4.54. The van der Waals surface area contributed by atoms with Gasteiger partial charge in [0.2, 0.25) is 10.0 Å². The van der Waals surface area contributed by atoms with Crippen LogP contribution in [0.3, 0.4) is 0 Å². The van der Waals surface area contributed by atoms with Crippen molar-refractivity contribution in [3.05, 3.63) is 53.1 Å². The van der Waals surface area contributed by atoms with Crippen LogP contribution in [0.5, 0.6) is 0 Å². The number of rotatable bonds is 6. The van der Waals surface area contributed by atoms with Gasteiger partial charge in [-0.1, -0.05) is 24.4 Å². The van der Waals surface area contributed by atoms with Crippen LogP contribution in [0.1, 0.15) is 36.0 Å². The second kappa shape index (κ2) is 8.65. The van der Waals surface area contributed by atoms with Crippen LogP contribution in [0.25, 0.3) is 0 Å². The number of nitrogens with one attached hydrogen (secondary N) is 2. The van der Waals surface area contributed by atoms with Gasteiger partial charge < -0.3 is 5.32 Å². The first-order valence-electron chi connectivity index (χ1n) is 8.70. The molecule has 1 aliphatic rings. The van der Waals surface area contributed by atoms with Gasteiger partial charge in [-0.15, -0.1) is 11.8 Å². The highest BCUT2D eigenvalue weighted by Crippen LogP contribution is 2.35. The molecule has 2 aromatic rings. The molecule has 1 amide bonds. The number of amides is 1. The summed E-state index contributed by atoms with van der Waals surface area (Å²) in [5, 5.41) is 3.64. The molecule has 0 saturated heterocycles. The Morgan fingerprint density at radius 1 is 1.11 bits per heavy atom. The van der Waals surface area contributed by atoms with Crippen LogP contribution in [-0.4, -0.2) is 26.6 Å². The Morgan fingerprint density at radius 3 is 2.41 bits per heavy atom. The zero-order chi connectivity index (χ0) is 19.4. The number of carbonyl (C=O) groups is 1. The smallest absolute Gasteiger partial charge is 0.257 e. The lowest BCUT2D eigenvalue weighted by atomic mass is 10.2. The van der Waals surface area contributed by atoms with E-state index in [4.69, 9.17) is 11.6 Å². The number of carbonyl (C=O) groups excluding carboxylic acids is 1. The molecule has 0 spiro atoms. The average molecular weight is 425 g/mol. The number of hydrogen-bond donors (Lipinski definition) is 2. The van der Waals surface area contributed by atoms with E-state index in [-0.39, 0.29) is 15.5 Å². The normalized spacial score (nSPS) is 15.0. The quantitative estimate of drug-likeness (QED) is 0.714. The zero-order valence-electron chi connectivity index (χ0n) is 14.9. The summed E-state index contributed by atoms with van der Waals surface area (Å²) in [4.78, 5) is 13.7. The molecule has 3 rings (SSSR count). The molecule has 1 saturated carbocycles. The third-order valence-electron chi connectivity index (χ3n) is 4.48. The van der Waals surface area contributed by atoms with Gasteiger partial charge in [0.25, 0.3) is 5.91 Å². The van der Waals surface area contributed by atoms with Gasteiger partial charge in [0.15, 0.2) is 0 Å². The minimum atomic E-state index is -3.65. The highest BCUT2D eigenvalue weighted by Gasteiger charge is 2.18.